The first-order chi connectivity index (χ1) is 16.3. The van der Waals surface area contributed by atoms with Crippen LogP contribution in [0.3, 0.4) is 0 Å². The quantitative estimate of drug-likeness (QED) is 0.185. The SMILES string of the molecule is C[C@H](N)C(=O)NC(C(=O)N1CCC[C@H]1C(=O)N/C(S)=C(/NN)c1ccccc1)C1CCCCC1. The van der Waals surface area contributed by atoms with E-state index in [-0.39, 0.29) is 28.7 Å². The molecule has 0 spiro atoms. The molecule has 3 rings (SSSR count). The Bertz CT molecular complexity index is 901. The number of nitrogens with two attached hydrogens (primary N) is 2. The Morgan fingerprint density at radius 2 is 1.74 bits per heavy atom. The molecule has 34 heavy (non-hydrogen) atoms. The molecule has 1 saturated heterocycles. The van der Waals surface area contributed by atoms with E-state index in [1.807, 2.05) is 30.3 Å². The minimum absolute atomic E-state index is 0.0414. The number of nitrogens with one attached hydrogen (secondary N) is 3. The molecule has 1 unspecified atom stereocenters. The maximum Gasteiger partial charge on any atom is 0.247 e. The van der Waals surface area contributed by atoms with Gasteiger partial charge in [0.2, 0.25) is 17.7 Å². The van der Waals surface area contributed by atoms with E-state index >= 15 is 0 Å². The summed E-state index contributed by atoms with van der Waals surface area (Å²) in [5, 5.41) is 5.94. The van der Waals surface area contributed by atoms with Crippen LogP contribution < -0.4 is 27.6 Å². The highest BCUT2D eigenvalue weighted by atomic mass is 32.1. The molecule has 2 fully saturated rings. The molecule has 1 aromatic carbocycles. The molecule has 0 radical (unpaired) electrons. The summed E-state index contributed by atoms with van der Waals surface area (Å²) in [5.74, 6) is 4.81. The van der Waals surface area contributed by atoms with E-state index in [2.05, 4.69) is 28.7 Å². The third kappa shape index (κ3) is 6.31. The van der Waals surface area contributed by atoms with Gasteiger partial charge in [-0.1, -0.05) is 49.6 Å². The molecule has 7 N–H and O–H groups in total. The van der Waals surface area contributed by atoms with Gasteiger partial charge in [-0.3, -0.25) is 20.2 Å². The van der Waals surface area contributed by atoms with Gasteiger partial charge in [0.25, 0.3) is 0 Å². The molecule has 9 nitrogen and oxygen atoms in total. The standard InChI is InChI=1S/C24H36N6O3S/c1-15(25)21(31)27-20(17-11-6-3-7-12-17)24(33)30-14-8-13-18(30)22(32)28-23(34)19(29-26)16-9-4-2-5-10-16/h2,4-5,9-10,15,17-18,20,29,34H,3,6-8,11-14,25-26H2,1H3,(H,27,31)(H,28,32)/b23-19-/t15-,18-,20?/m0/s1. The highest BCUT2D eigenvalue weighted by Gasteiger charge is 2.41. The zero-order chi connectivity index (χ0) is 24.7. The molecule has 1 aliphatic carbocycles. The van der Waals surface area contributed by atoms with Crippen molar-refractivity contribution in [2.75, 3.05) is 6.54 Å². The molecule has 1 aromatic rings. The van der Waals surface area contributed by atoms with Crippen LogP contribution in [0, 0.1) is 5.92 Å². The van der Waals surface area contributed by atoms with Gasteiger partial charge >= 0.3 is 0 Å². The fourth-order valence-corrected chi connectivity index (χ4v) is 5.07. The summed E-state index contributed by atoms with van der Waals surface area (Å²) in [7, 11) is 0. The monoisotopic (exact) mass is 488 g/mol. The molecule has 0 aromatic heterocycles. The van der Waals surface area contributed by atoms with Gasteiger partial charge in [-0.15, -0.1) is 12.6 Å². The number of likely N-dealkylation sites (tertiary alicyclic amines) is 1. The van der Waals surface area contributed by atoms with E-state index in [1.54, 1.807) is 11.8 Å². The van der Waals surface area contributed by atoms with Crippen molar-refractivity contribution in [2.24, 2.45) is 17.5 Å². The number of carbonyl (C=O) groups excluding carboxylic acids is 3. The lowest BCUT2D eigenvalue weighted by Crippen LogP contribution is -2.57. The van der Waals surface area contributed by atoms with Crippen molar-refractivity contribution in [1.82, 2.24) is 21.0 Å². The Labute approximate surface area is 206 Å². The summed E-state index contributed by atoms with van der Waals surface area (Å²) in [6.07, 6.45) is 6.15. The molecule has 0 bridgehead atoms. The maximum absolute atomic E-state index is 13.6. The van der Waals surface area contributed by atoms with Crippen LogP contribution in [-0.4, -0.2) is 47.3 Å². The number of hydrogen-bond acceptors (Lipinski definition) is 7. The Morgan fingerprint density at radius 3 is 2.35 bits per heavy atom. The second-order valence-electron chi connectivity index (χ2n) is 9.09. The molecule has 3 amide bonds. The summed E-state index contributed by atoms with van der Waals surface area (Å²) in [4.78, 5) is 40.8. The number of benzene rings is 1. The van der Waals surface area contributed by atoms with Crippen LogP contribution in [0.4, 0.5) is 0 Å². The van der Waals surface area contributed by atoms with Crippen molar-refractivity contribution in [1.29, 1.82) is 0 Å². The Morgan fingerprint density at radius 1 is 1.06 bits per heavy atom. The van der Waals surface area contributed by atoms with Crippen molar-refractivity contribution in [3.63, 3.8) is 0 Å². The van der Waals surface area contributed by atoms with Crippen LogP contribution in [0.1, 0.15) is 57.4 Å². The average Bonchev–Trinajstić information content (AvgIpc) is 3.34. The number of nitrogens with zero attached hydrogens (tertiary/aromatic N) is 1. The highest BCUT2D eigenvalue weighted by molar-refractivity contribution is 7.84. The van der Waals surface area contributed by atoms with E-state index in [0.29, 0.717) is 25.1 Å². The van der Waals surface area contributed by atoms with Gasteiger partial charge in [-0.2, -0.15) is 0 Å². The Hall–Kier alpha value is -2.56. The number of hydrogen-bond donors (Lipinski definition) is 6. The van der Waals surface area contributed by atoms with Crippen LogP contribution in [0.25, 0.3) is 5.70 Å². The van der Waals surface area contributed by atoms with E-state index in [1.165, 1.54) is 0 Å². The third-order valence-electron chi connectivity index (χ3n) is 6.62. The zero-order valence-corrected chi connectivity index (χ0v) is 20.5. The van der Waals surface area contributed by atoms with Gasteiger partial charge in [0.05, 0.1) is 16.8 Å². The van der Waals surface area contributed by atoms with E-state index in [0.717, 1.165) is 37.7 Å². The van der Waals surface area contributed by atoms with Gasteiger partial charge in [-0.25, -0.2) is 0 Å². The van der Waals surface area contributed by atoms with Gasteiger partial charge in [0, 0.05) is 12.1 Å². The van der Waals surface area contributed by atoms with E-state index < -0.39 is 18.1 Å². The highest BCUT2D eigenvalue weighted by Crippen LogP contribution is 2.29. The Kier molecular flexibility index (Phi) is 9.37. The average molecular weight is 489 g/mol. The second kappa shape index (κ2) is 12.2. The second-order valence-corrected chi connectivity index (χ2v) is 9.53. The normalized spacial score (nSPS) is 21.3. The number of carbonyl (C=O) groups is 3. The zero-order valence-electron chi connectivity index (χ0n) is 19.6. The van der Waals surface area contributed by atoms with Crippen LogP contribution in [0.15, 0.2) is 35.4 Å². The van der Waals surface area contributed by atoms with Crippen molar-refractivity contribution >= 4 is 36.0 Å². The van der Waals surface area contributed by atoms with Crippen molar-refractivity contribution in [2.45, 2.75) is 70.0 Å². The molecule has 1 saturated carbocycles. The predicted molar refractivity (Wildman–Crippen MR) is 135 cm³/mol. The van der Waals surface area contributed by atoms with Crippen LogP contribution in [0.2, 0.25) is 0 Å². The maximum atomic E-state index is 13.6. The molecular formula is C24H36N6O3S. The van der Waals surface area contributed by atoms with Gasteiger partial charge in [0.1, 0.15) is 12.1 Å². The first kappa shape index (κ1) is 26.1. The van der Waals surface area contributed by atoms with E-state index in [4.69, 9.17) is 11.6 Å². The van der Waals surface area contributed by atoms with Crippen molar-refractivity contribution in [3.05, 3.63) is 40.9 Å². The lowest BCUT2D eigenvalue weighted by Gasteiger charge is -2.35. The topological polar surface area (TPSA) is 143 Å². The lowest BCUT2D eigenvalue weighted by atomic mass is 9.83. The summed E-state index contributed by atoms with van der Waals surface area (Å²) in [6.45, 7) is 2.06. The van der Waals surface area contributed by atoms with Crippen LogP contribution in [-0.2, 0) is 14.4 Å². The van der Waals surface area contributed by atoms with Gasteiger partial charge < -0.3 is 26.7 Å². The molecular weight excluding hydrogens is 452 g/mol. The first-order valence-corrected chi connectivity index (χ1v) is 12.4. The molecule has 186 valence electrons. The Balaban J connectivity index is 1.77. The number of amides is 3. The first-order valence-electron chi connectivity index (χ1n) is 12.0. The number of rotatable bonds is 8. The fourth-order valence-electron chi connectivity index (χ4n) is 4.77. The molecule has 1 aliphatic heterocycles. The molecule has 3 atom stereocenters. The predicted octanol–water partition coefficient (Wildman–Crippen LogP) is 1.23. The van der Waals surface area contributed by atoms with E-state index in [9.17, 15) is 14.4 Å². The molecule has 1 heterocycles. The minimum Gasteiger partial charge on any atom is -0.343 e. The van der Waals surface area contributed by atoms with Gasteiger partial charge in [-0.05, 0) is 38.5 Å². The fraction of sp³-hybridized carbons (Fsp3) is 0.542. The van der Waals surface area contributed by atoms with Gasteiger partial charge in [0.15, 0.2) is 0 Å². The minimum atomic E-state index is -0.714. The lowest BCUT2D eigenvalue weighted by molar-refractivity contribution is -0.142. The molecule has 10 heteroatoms. The summed E-state index contributed by atoms with van der Waals surface area (Å²) in [6, 6.07) is 7.24. The van der Waals surface area contributed by atoms with Crippen molar-refractivity contribution < 1.29 is 14.4 Å². The summed E-state index contributed by atoms with van der Waals surface area (Å²) < 4.78 is 0. The summed E-state index contributed by atoms with van der Waals surface area (Å²) >= 11 is 4.45. The smallest absolute Gasteiger partial charge is 0.247 e. The number of thiol groups is 1. The number of hydrazine groups is 1. The third-order valence-corrected chi connectivity index (χ3v) is 6.96. The van der Waals surface area contributed by atoms with Crippen LogP contribution in [0.5, 0.6) is 0 Å². The molecule has 2 aliphatic rings. The largest absolute Gasteiger partial charge is 0.343 e. The van der Waals surface area contributed by atoms with Crippen molar-refractivity contribution in [3.8, 4) is 0 Å². The van der Waals surface area contributed by atoms with Crippen LogP contribution >= 0.6 is 12.6 Å². The summed E-state index contributed by atoms with van der Waals surface area (Å²) in [5.41, 5.74) is 9.59.